The number of hydrogen-bond donors (Lipinski definition) is 2. The second-order valence-electron chi connectivity index (χ2n) is 1.91. The molecule has 3 N–H and O–H groups in total. The van der Waals surface area contributed by atoms with Crippen LogP contribution in [0.5, 0.6) is 0 Å². The third-order valence-corrected chi connectivity index (χ3v) is 3.05. The van der Waals surface area contributed by atoms with Gasteiger partial charge in [0, 0.05) is 23.5 Å². The van der Waals surface area contributed by atoms with Crippen molar-refractivity contribution in [2.45, 2.75) is 0 Å². The Kier molecular flexibility index (Phi) is 2.80. The second-order valence-corrected chi connectivity index (χ2v) is 3.96. The predicted molar refractivity (Wildman–Crippen MR) is 44.7 cm³/mol. The largest absolute Gasteiger partial charge is 0.405 e. The number of nitrogens with two attached hydrogens (primary N) is 1. The van der Waals surface area contributed by atoms with E-state index in [1.165, 1.54) is 5.75 Å². The summed E-state index contributed by atoms with van der Waals surface area (Å²) in [5.41, 5.74) is 7.38. The lowest BCUT2D eigenvalue weighted by molar-refractivity contribution is 1.03. The summed E-state index contributed by atoms with van der Waals surface area (Å²) >= 11 is 0. The maximum Gasteiger partial charge on any atom is 0.00896 e. The van der Waals surface area contributed by atoms with Crippen molar-refractivity contribution in [3.8, 4) is 0 Å². The molecule has 0 aromatic rings. The SMILES string of the molecule is NC=CCS1=CNCC1. The van der Waals surface area contributed by atoms with E-state index in [0.29, 0.717) is 10.5 Å². The minimum atomic E-state index is 0.470. The van der Waals surface area contributed by atoms with Gasteiger partial charge in [-0.25, -0.2) is 0 Å². The Balaban J connectivity index is 2.26. The highest BCUT2D eigenvalue weighted by molar-refractivity contribution is 8.15. The molecule has 0 aromatic carbocycles. The molecule has 2 nitrogen and oxygen atoms in total. The quantitative estimate of drug-likeness (QED) is 0.539. The number of nitrogens with one attached hydrogen (secondary N) is 1. The Morgan fingerprint density at radius 1 is 1.78 bits per heavy atom. The zero-order valence-corrected chi connectivity index (χ0v) is 6.16. The summed E-state index contributed by atoms with van der Waals surface area (Å²) in [6, 6.07) is 0. The van der Waals surface area contributed by atoms with Crippen molar-refractivity contribution in [1.82, 2.24) is 5.32 Å². The molecule has 0 amide bonds. The molecule has 3 heteroatoms. The van der Waals surface area contributed by atoms with Gasteiger partial charge in [-0.1, -0.05) is 6.08 Å². The highest BCUT2D eigenvalue weighted by Crippen LogP contribution is 2.12. The molecule has 52 valence electrons. The molecule has 0 fully saturated rings. The number of rotatable bonds is 2. The first-order valence-electron chi connectivity index (χ1n) is 3.03. The maximum atomic E-state index is 5.20. The van der Waals surface area contributed by atoms with Crippen LogP contribution in [0.3, 0.4) is 0 Å². The van der Waals surface area contributed by atoms with Gasteiger partial charge in [-0.3, -0.25) is 5.32 Å². The Labute approximate surface area is 58.1 Å². The van der Waals surface area contributed by atoms with Crippen LogP contribution < -0.4 is 11.1 Å². The van der Waals surface area contributed by atoms with Crippen LogP contribution in [0.1, 0.15) is 0 Å². The molecular weight excluding hydrogens is 132 g/mol. The van der Waals surface area contributed by atoms with Crippen LogP contribution in [-0.4, -0.2) is 23.5 Å². The van der Waals surface area contributed by atoms with Crippen LogP contribution >= 0.6 is 10.5 Å². The Morgan fingerprint density at radius 3 is 3.22 bits per heavy atom. The van der Waals surface area contributed by atoms with Gasteiger partial charge in [0.25, 0.3) is 0 Å². The summed E-state index contributed by atoms with van der Waals surface area (Å²) in [6.45, 7) is 1.14. The first kappa shape index (κ1) is 6.83. The Hall–Kier alpha value is -0.280. The van der Waals surface area contributed by atoms with Gasteiger partial charge in [0.15, 0.2) is 0 Å². The van der Waals surface area contributed by atoms with E-state index in [1.54, 1.807) is 6.20 Å². The fourth-order valence-corrected chi connectivity index (χ4v) is 2.21. The van der Waals surface area contributed by atoms with Crippen molar-refractivity contribution in [1.29, 1.82) is 0 Å². The van der Waals surface area contributed by atoms with Crippen molar-refractivity contribution in [3.63, 3.8) is 0 Å². The Morgan fingerprint density at radius 2 is 2.67 bits per heavy atom. The van der Waals surface area contributed by atoms with E-state index in [-0.39, 0.29) is 0 Å². The maximum absolute atomic E-state index is 5.20. The van der Waals surface area contributed by atoms with E-state index >= 15 is 0 Å². The van der Waals surface area contributed by atoms with Gasteiger partial charge in [0.2, 0.25) is 0 Å². The molecule has 0 saturated heterocycles. The summed E-state index contributed by atoms with van der Waals surface area (Å²) < 4.78 is 0. The van der Waals surface area contributed by atoms with E-state index in [2.05, 4.69) is 10.8 Å². The van der Waals surface area contributed by atoms with Crippen molar-refractivity contribution >= 4 is 16.0 Å². The van der Waals surface area contributed by atoms with Gasteiger partial charge >= 0.3 is 0 Å². The van der Waals surface area contributed by atoms with Gasteiger partial charge in [0.05, 0.1) is 0 Å². The van der Waals surface area contributed by atoms with Gasteiger partial charge in [-0.05, 0) is 6.20 Å². The van der Waals surface area contributed by atoms with Gasteiger partial charge in [-0.15, -0.1) is 0 Å². The van der Waals surface area contributed by atoms with Crippen molar-refractivity contribution < 1.29 is 0 Å². The molecule has 0 saturated carbocycles. The lowest BCUT2D eigenvalue weighted by Crippen LogP contribution is -2.04. The van der Waals surface area contributed by atoms with Crippen molar-refractivity contribution in [2.75, 3.05) is 18.1 Å². The van der Waals surface area contributed by atoms with E-state index in [4.69, 9.17) is 5.73 Å². The summed E-state index contributed by atoms with van der Waals surface area (Å²) in [4.78, 5) is 0. The van der Waals surface area contributed by atoms with Crippen LogP contribution in [-0.2, 0) is 0 Å². The van der Waals surface area contributed by atoms with Gasteiger partial charge in [0.1, 0.15) is 0 Å². The van der Waals surface area contributed by atoms with E-state index in [1.807, 2.05) is 6.08 Å². The molecule has 0 aliphatic carbocycles. The van der Waals surface area contributed by atoms with Crippen molar-refractivity contribution in [2.24, 2.45) is 5.73 Å². The summed E-state index contributed by atoms with van der Waals surface area (Å²) in [5, 5.41) is 3.19. The minimum absolute atomic E-state index is 0.470. The standard InChI is InChI=1S/C6H12N2S/c7-2-1-4-9-5-3-8-6-9/h1-2,6,8H,3-5,7H2. The predicted octanol–water partition coefficient (Wildman–Crippen LogP) is 0.0906. The van der Waals surface area contributed by atoms with E-state index < -0.39 is 0 Å². The lowest BCUT2D eigenvalue weighted by Gasteiger charge is -1.93. The van der Waals surface area contributed by atoms with Gasteiger partial charge < -0.3 is 5.73 Å². The molecule has 1 aliphatic heterocycles. The highest BCUT2D eigenvalue weighted by Gasteiger charge is 1.97. The zero-order valence-electron chi connectivity index (χ0n) is 5.34. The molecule has 0 aromatic heterocycles. The zero-order chi connectivity index (χ0) is 6.53. The summed E-state index contributed by atoms with van der Waals surface area (Å²) in [5.74, 6) is 2.40. The molecule has 1 atom stereocenters. The van der Waals surface area contributed by atoms with Gasteiger partial charge in [-0.2, -0.15) is 10.5 Å². The second kappa shape index (κ2) is 3.69. The fourth-order valence-electron chi connectivity index (χ4n) is 0.736. The highest BCUT2D eigenvalue weighted by atomic mass is 32.2. The van der Waals surface area contributed by atoms with Crippen molar-refractivity contribution in [3.05, 3.63) is 12.3 Å². The molecule has 0 spiro atoms. The third-order valence-electron chi connectivity index (χ3n) is 1.20. The monoisotopic (exact) mass is 144 g/mol. The lowest BCUT2D eigenvalue weighted by atomic mass is 10.7. The molecule has 1 aliphatic rings. The fraction of sp³-hybridized carbons (Fsp3) is 0.500. The van der Waals surface area contributed by atoms with Crippen LogP contribution in [0.25, 0.3) is 0 Å². The topological polar surface area (TPSA) is 38.0 Å². The summed E-state index contributed by atoms with van der Waals surface area (Å²) in [7, 11) is 0.470. The minimum Gasteiger partial charge on any atom is -0.405 e. The Bertz CT molecular complexity index is 140. The van der Waals surface area contributed by atoms with E-state index in [9.17, 15) is 0 Å². The van der Waals surface area contributed by atoms with Crippen LogP contribution in [0, 0.1) is 0 Å². The normalized spacial score (nSPS) is 26.9. The molecule has 1 unspecified atom stereocenters. The van der Waals surface area contributed by atoms with Crippen LogP contribution in [0.15, 0.2) is 12.3 Å². The first-order valence-corrected chi connectivity index (χ1v) is 4.66. The molecular formula is C6H12N2S. The van der Waals surface area contributed by atoms with Crippen LogP contribution in [0.4, 0.5) is 0 Å². The molecule has 0 radical (unpaired) electrons. The third kappa shape index (κ3) is 2.20. The molecule has 0 bridgehead atoms. The average Bonchev–Trinajstić information content (AvgIpc) is 2.34. The number of hydrogen-bond acceptors (Lipinski definition) is 2. The smallest absolute Gasteiger partial charge is 0.00896 e. The first-order chi connectivity index (χ1) is 4.43. The summed E-state index contributed by atoms with van der Waals surface area (Å²) in [6.07, 6.45) is 3.64. The average molecular weight is 144 g/mol. The molecule has 1 rings (SSSR count). The molecule has 1 heterocycles. The van der Waals surface area contributed by atoms with Crippen LogP contribution in [0.2, 0.25) is 0 Å². The van der Waals surface area contributed by atoms with E-state index in [0.717, 1.165) is 12.3 Å². The molecule has 9 heavy (non-hydrogen) atoms.